The van der Waals surface area contributed by atoms with Crippen LogP contribution in [0.1, 0.15) is 39.0 Å². The van der Waals surface area contributed by atoms with Crippen LogP contribution in [0.15, 0.2) is 11.5 Å². The van der Waals surface area contributed by atoms with Crippen molar-refractivity contribution in [3.05, 3.63) is 11.5 Å². The molecular formula is C11H16FNO2. The van der Waals surface area contributed by atoms with Crippen molar-refractivity contribution in [2.75, 3.05) is 6.54 Å². The lowest BCUT2D eigenvalue weighted by Gasteiger charge is -2.34. The number of likely N-dealkylation sites (N-methyl/N-ethyl adjacent to an activating group) is 1. The Morgan fingerprint density at radius 1 is 1.40 bits per heavy atom. The van der Waals surface area contributed by atoms with Gasteiger partial charge in [-0.2, -0.15) is 4.39 Å². The average molecular weight is 213 g/mol. The van der Waals surface area contributed by atoms with Crippen molar-refractivity contribution >= 4 is 5.97 Å². The zero-order valence-electron chi connectivity index (χ0n) is 8.94. The molecule has 0 aromatic carbocycles. The van der Waals surface area contributed by atoms with Crippen molar-refractivity contribution in [3.63, 3.8) is 0 Å². The zero-order valence-corrected chi connectivity index (χ0v) is 8.94. The van der Waals surface area contributed by atoms with Gasteiger partial charge in [0.15, 0.2) is 5.60 Å². The number of carbonyl (C=O) groups excluding carboxylic acids is 1. The molecule has 0 unspecified atom stereocenters. The molecule has 1 N–H and O–H groups in total. The van der Waals surface area contributed by atoms with E-state index in [-0.39, 0.29) is 0 Å². The molecular weight excluding hydrogens is 197 g/mol. The first-order chi connectivity index (χ1) is 7.19. The molecule has 1 fully saturated rings. The summed E-state index contributed by atoms with van der Waals surface area (Å²) >= 11 is 0. The summed E-state index contributed by atoms with van der Waals surface area (Å²) in [5, 5.41) is 2.94. The van der Waals surface area contributed by atoms with E-state index in [1.165, 1.54) is 0 Å². The van der Waals surface area contributed by atoms with Crippen molar-refractivity contribution in [1.29, 1.82) is 0 Å². The van der Waals surface area contributed by atoms with Gasteiger partial charge in [-0.1, -0.05) is 6.42 Å². The molecule has 0 radical (unpaired) electrons. The maximum atomic E-state index is 13.5. The van der Waals surface area contributed by atoms with Crippen LogP contribution in [-0.2, 0) is 9.53 Å². The van der Waals surface area contributed by atoms with E-state index in [1.807, 2.05) is 6.92 Å². The lowest BCUT2D eigenvalue weighted by Crippen LogP contribution is -2.39. The van der Waals surface area contributed by atoms with Gasteiger partial charge in [-0.15, -0.1) is 0 Å². The number of ether oxygens (including phenoxy) is 1. The van der Waals surface area contributed by atoms with Crippen molar-refractivity contribution in [2.45, 2.75) is 44.6 Å². The third-order valence-corrected chi connectivity index (χ3v) is 3.16. The number of nitrogens with one attached hydrogen (secondary N) is 1. The van der Waals surface area contributed by atoms with Gasteiger partial charge in [-0.3, -0.25) is 0 Å². The minimum atomic E-state index is -0.798. The Bertz CT molecular complexity index is 306. The number of rotatable bonds is 2. The Morgan fingerprint density at radius 2 is 2.07 bits per heavy atom. The molecule has 2 aliphatic rings. The quantitative estimate of drug-likeness (QED) is 0.713. The number of halogens is 1. The molecule has 1 saturated carbocycles. The zero-order chi connectivity index (χ0) is 10.9. The van der Waals surface area contributed by atoms with Crippen LogP contribution in [0.5, 0.6) is 0 Å². The van der Waals surface area contributed by atoms with Gasteiger partial charge >= 0.3 is 5.97 Å². The highest BCUT2D eigenvalue weighted by molar-refractivity contribution is 5.90. The lowest BCUT2D eigenvalue weighted by molar-refractivity contribution is -0.150. The second-order valence-electron chi connectivity index (χ2n) is 4.16. The van der Waals surface area contributed by atoms with Crippen LogP contribution in [-0.4, -0.2) is 18.1 Å². The smallest absolute Gasteiger partial charge is 0.370 e. The Labute approximate surface area is 88.7 Å². The van der Waals surface area contributed by atoms with Crippen LogP contribution in [0.3, 0.4) is 0 Å². The minimum Gasteiger partial charge on any atom is -0.447 e. The van der Waals surface area contributed by atoms with Crippen LogP contribution >= 0.6 is 0 Å². The van der Waals surface area contributed by atoms with Crippen LogP contribution in [0.25, 0.3) is 0 Å². The summed E-state index contributed by atoms with van der Waals surface area (Å²) in [6.45, 7) is 2.50. The number of hydrogen-bond donors (Lipinski definition) is 1. The monoisotopic (exact) mass is 213 g/mol. The molecule has 0 atom stereocenters. The summed E-state index contributed by atoms with van der Waals surface area (Å²) in [6, 6.07) is 0. The van der Waals surface area contributed by atoms with Gasteiger partial charge in [0.25, 0.3) is 0 Å². The lowest BCUT2D eigenvalue weighted by atomic mass is 9.82. The predicted molar refractivity (Wildman–Crippen MR) is 53.7 cm³/mol. The molecule has 1 heterocycles. The standard InChI is InChI=1S/C11H16FNO2/c1-2-13-9-8(12)10(14)15-11(9)6-4-3-5-7-11/h13H,2-7H2,1H3. The number of hydrogen-bond acceptors (Lipinski definition) is 3. The molecule has 0 aromatic rings. The van der Waals surface area contributed by atoms with Gasteiger partial charge in [-0.25, -0.2) is 4.79 Å². The van der Waals surface area contributed by atoms with Crippen molar-refractivity contribution in [1.82, 2.24) is 5.32 Å². The largest absolute Gasteiger partial charge is 0.447 e. The molecule has 4 heteroatoms. The Morgan fingerprint density at radius 3 is 2.67 bits per heavy atom. The van der Waals surface area contributed by atoms with Crippen LogP contribution in [0.2, 0.25) is 0 Å². The van der Waals surface area contributed by atoms with Crippen molar-refractivity contribution in [3.8, 4) is 0 Å². The molecule has 1 aliphatic carbocycles. The maximum Gasteiger partial charge on any atom is 0.370 e. The Balaban J connectivity index is 2.28. The topological polar surface area (TPSA) is 38.3 Å². The van der Waals surface area contributed by atoms with Crippen LogP contribution in [0.4, 0.5) is 4.39 Å². The van der Waals surface area contributed by atoms with Gasteiger partial charge < -0.3 is 10.1 Å². The van der Waals surface area contributed by atoms with Gasteiger partial charge in [-0.05, 0) is 32.6 Å². The summed E-state index contributed by atoms with van der Waals surface area (Å²) in [6.07, 6.45) is 4.62. The summed E-state index contributed by atoms with van der Waals surface area (Å²) in [4.78, 5) is 11.2. The molecule has 1 aliphatic heterocycles. The molecule has 15 heavy (non-hydrogen) atoms. The fourth-order valence-corrected chi connectivity index (χ4v) is 2.47. The molecule has 2 rings (SSSR count). The summed E-state index contributed by atoms with van der Waals surface area (Å²) in [5.74, 6) is -1.52. The fraction of sp³-hybridized carbons (Fsp3) is 0.727. The van der Waals surface area contributed by atoms with Crippen molar-refractivity contribution in [2.24, 2.45) is 0 Å². The van der Waals surface area contributed by atoms with Gasteiger partial charge in [0.05, 0.1) is 5.70 Å². The third-order valence-electron chi connectivity index (χ3n) is 3.16. The third kappa shape index (κ3) is 1.62. The highest BCUT2D eigenvalue weighted by atomic mass is 19.1. The fourth-order valence-electron chi connectivity index (χ4n) is 2.47. The van der Waals surface area contributed by atoms with Gasteiger partial charge in [0, 0.05) is 6.54 Å². The molecule has 0 amide bonds. The molecule has 3 nitrogen and oxygen atoms in total. The molecule has 0 saturated heterocycles. The first-order valence-corrected chi connectivity index (χ1v) is 5.57. The summed E-state index contributed by atoms with van der Waals surface area (Å²) < 4.78 is 18.8. The molecule has 0 aromatic heterocycles. The Hall–Kier alpha value is -1.06. The van der Waals surface area contributed by atoms with Gasteiger partial charge in [0.1, 0.15) is 0 Å². The highest BCUT2D eigenvalue weighted by Gasteiger charge is 2.48. The highest BCUT2D eigenvalue weighted by Crippen LogP contribution is 2.42. The average Bonchev–Trinajstić information content (AvgIpc) is 2.45. The van der Waals surface area contributed by atoms with Gasteiger partial charge in [0.2, 0.25) is 5.83 Å². The Kier molecular flexibility index (Phi) is 2.67. The van der Waals surface area contributed by atoms with E-state index in [9.17, 15) is 9.18 Å². The van der Waals surface area contributed by atoms with E-state index in [1.54, 1.807) is 0 Å². The second-order valence-corrected chi connectivity index (χ2v) is 4.16. The van der Waals surface area contributed by atoms with E-state index in [0.717, 1.165) is 32.1 Å². The SMILES string of the molecule is CCNC1=C(F)C(=O)OC12CCCCC2. The van der Waals surface area contributed by atoms with Crippen LogP contribution in [0, 0.1) is 0 Å². The summed E-state index contributed by atoms with van der Waals surface area (Å²) in [5.41, 5.74) is -0.287. The van der Waals surface area contributed by atoms with E-state index in [4.69, 9.17) is 4.74 Å². The van der Waals surface area contributed by atoms with E-state index in [2.05, 4.69) is 5.32 Å². The van der Waals surface area contributed by atoms with E-state index in [0.29, 0.717) is 12.2 Å². The van der Waals surface area contributed by atoms with Crippen LogP contribution < -0.4 is 5.32 Å². The normalized spacial score (nSPS) is 24.5. The maximum absolute atomic E-state index is 13.5. The number of carbonyl (C=O) groups is 1. The molecule has 0 bridgehead atoms. The van der Waals surface area contributed by atoms with Crippen molar-refractivity contribution < 1.29 is 13.9 Å². The molecule has 84 valence electrons. The molecule has 1 spiro atoms. The summed E-state index contributed by atoms with van der Waals surface area (Å²) in [7, 11) is 0. The first-order valence-electron chi connectivity index (χ1n) is 5.57. The number of esters is 1. The predicted octanol–water partition coefficient (Wildman–Crippen LogP) is 2.04. The van der Waals surface area contributed by atoms with E-state index >= 15 is 0 Å². The minimum absolute atomic E-state index is 0.384. The first kappa shape index (κ1) is 10.5. The second kappa shape index (κ2) is 3.83. The van der Waals surface area contributed by atoms with E-state index < -0.39 is 17.4 Å².